The molecule has 2 N–H and O–H groups in total. The number of piperidine rings is 2. The minimum atomic E-state index is 0.297. The Balaban J connectivity index is 1.48. The maximum Gasteiger partial charge on any atom is 0.0212 e. The van der Waals surface area contributed by atoms with Gasteiger partial charge in [0.2, 0.25) is 0 Å². The summed E-state index contributed by atoms with van der Waals surface area (Å²) in [6.07, 6.45) is 8.07. The first-order valence-corrected chi connectivity index (χ1v) is 15.0. The van der Waals surface area contributed by atoms with Crippen LogP contribution >= 0.6 is 0 Å². The van der Waals surface area contributed by atoms with Gasteiger partial charge in [-0.1, -0.05) is 34.6 Å². The van der Waals surface area contributed by atoms with Gasteiger partial charge in [0, 0.05) is 42.8 Å². The molecule has 0 bridgehead atoms. The molecule has 4 heterocycles. The maximum absolute atomic E-state index is 4.37. The van der Waals surface area contributed by atoms with E-state index in [2.05, 4.69) is 89.7 Å². The van der Waals surface area contributed by atoms with Crippen molar-refractivity contribution in [3.63, 3.8) is 0 Å². The Morgan fingerprint density at radius 2 is 1.46 bits per heavy atom. The van der Waals surface area contributed by atoms with Crippen LogP contribution in [0.15, 0.2) is 0 Å². The molecule has 0 aromatic carbocycles. The summed E-state index contributed by atoms with van der Waals surface area (Å²) in [6, 6.07) is 1.32. The summed E-state index contributed by atoms with van der Waals surface area (Å²) < 4.78 is 0. The van der Waals surface area contributed by atoms with Crippen LogP contribution in [0.25, 0.3) is 0 Å². The number of nitrogens with zero attached hydrogens (tertiary/aromatic N) is 2. The molecule has 0 aliphatic carbocycles. The van der Waals surface area contributed by atoms with Crippen molar-refractivity contribution >= 4 is 0 Å². The fraction of sp³-hybridized carbons (Fsp3) is 1.00. The first-order valence-electron chi connectivity index (χ1n) is 15.0. The maximum atomic E-state index is 4.37. The van der Waals surface area contributed by atoms with Crippen molar-refractivity contribution < 1.29 is 0 Å². The summed E-state index contributed by atoms with van der Waals surface area (Å²) in [5.41, 5.74) is 1.86. The molecular weight excluding hydrogens is 428 g/mol. The molecule has 4 rings (SSSR count). The topological polar surface area (TPSA) is 30.5 Å². The summed E-state index contributed by atoms with van der Waals surface area (Å²) in [6.45, 7) is 32.1. The van der Waals surface area contributed by atoms with Crippen LogP contribution < -0.4 is 10.6 Å². The zero-order valence-electron chi connectivity index (χ0n) is 25.2. The lowest BCUT2D eigenvalue weighted by Crippen LogP contribution is -2.55. The molecule has 3 unspecified atom stereocenters. The lowest BCUT2D eigenvalue weighted by molar-refractivity contribution is -0.0120. The third kappa shape index (κ3) is 5.66. The van der Waals surface area contributed by atoms with Gasteiger partial charge in [-0.3, -0.25) is 4.90 Å². The molecule has 0 radical (unpaired) electrons. The van der Waals surface area contributed by atoms with E-state index in [9.17, 15) is 0 Å². The van der Waals surface area contributed by atoms with Gasteiger partial charge in [0.1, 0.15) is 0 Å². The van der Waals surface area contributed by atoms with Crippen LogP contribution in [0.1, 0.15) is 108 Å². The average Bonchev–Trinajstić information content (AvgIpc) is 3.30. The first-order chi connectivity index (χ1) is 16.1. The van der Waals surface area contributed by atoms with Gasteiger partial charge >= 0.3 is 0 Å². The Bertz CT molecular complexity index is 711. The normalized spacial score (nSPS) is 32.8. The van der Waals surface area contributed by atoms with E-state index in [0.717, 1.165) is 11.8 Å². The van der Waals surface area contributed by atoms with E-state index >= 15 is 0 Å². The van der Waals surface area contributed by atoms with Crippen molar-refractivity contribution in [3.05, 3.63) is 0 Å². The monoisotopic (exact) mass is 488 g/mol. The van der Waals surface area contributed by atoms with Gasteiger partial charge in [-0.15, -0.1) is 0 Å². The smallest absolute Gasteiger partial charge is 0.0212 e. The van der Waals surface area contributed by atoms with E-state index in [1.165, 1.54) is 77.8 Å². The molecular formula is C31H60N4. The largest absolute Gasteiger partial charge is 0.316 e. The van der Waals surface area contributed by atoms with Crippen molar-refractivity contribution in [2.24, 2.45) is 28.1 Å². The highest BCUT2D eigenvalue weighted by molar-refractivity contribution is 5.10. The predicted molar refractivity (Wildman–Crippen MR) is 151 cm³/mol. The summed E-state index contributed by atoms with van der Waals surface area (Å²) >= 11 is 0. The molecule has 4 saturated heterocycles. The molecule has 3 atom stereocenters. The van der Waals surface area contributed by atoms with Gasteiger partial charge in [-0.25, -0.2) is 0 Å². The molecule has 4 aliphatic rings. The molecule has 4 heteroatoms. The standard InChI is InChI=1S/C31H60N4/c1-23(2)34-15-13-31(14-16-34)19-24(27(3,4)5)25(33-31)20-29(9,10)26-21-32-22-30(26)11-17-35(18-12-30)28(6,7)8/h23-26,32-33H,11-22H2,1-10H3. The van der Waals surface area contributed by atoms with Crippen LogP contribution in [0.5, 0.6) is 0 Å². The minimum Gasteiger partial charge on any atom is -0.316 e. The number of rotatable bonds is 4. The van der Waals surface area contributed by atoms with Crippen molar-refractivity contribution in [1.29, 1.82) is 0 Å². The van der Waals surface area contributed by atoms with Crippen LogP contribution in [0.3, 0.4) is 0 Å². The van der Waals surface area contributed by atoms with E-state index in [1.807, 2.05) is 0 Å². The molecule has 204 valence electrons. The Morgan fingerprint density at radius 3 is 1.97 bits per heavy atom. The van der Waals surface area contributed by atoms with Gasteiger partial charge in [-0.2, -0.15) is 0 Å². The highest BCUT2D eigenvalue weighted by atomic mass is 15.2. The fourth-order valence-corrected chi connectivity index (χ4v) is 8.80. The quantitative estimate of drug-likeness (QED) is 0.526. The first kappa shape index (κ1) is 27.9. The van der Waals surface area contributed by atoms with Crippen molar-refractivity contribution in [2.45, 2.75) is 131 Å². The van der Waals surface area contributed by atoms with Gasteiger partial charge in [0.15, 0.2) is 0 Å². The second-order valence-electron chi connectivity index (χ2n) is 16.2. The Hall–Kier alpha value is -0.160. The molecule has 0 aromatic rings. The zero-order valence-corrected chi connectivity index (χ0v) is 25.2. The van der Waals surface area contributed by atoms with E-state index in [0.29, 0.717) is 39.4 Å². The summed E-state index contributed by atoms with van der Waals surface area (Å²) in [5.74, 6) is 1.54. The average molecular weight is 489 g/mol. The molecule has 35 heavy (non-hydrogen) atoms. The molecule has 2 spiro atoms. The second-order valence-corrected chi connectivity index (χ2v) is 16.2. The third-order valence-corrected chi connectivity index (χ3v) is 11.1. The molecule has 4 nitrogen and oxygen atoms in total. The van der Waals surface area contributed by atoms with Gasteiger partial charge in [0.05, 0.1) is 0 Å². The Kier molecular flexibility index (Phi) is 7.60. The molecule has 4 aliphatic heterocycles. The van der Waals surface area contributed by atoms with E-state index in [1.54, 1.807) is 0 Å². The SMILES string of the molecule is CC(C)N1CCC2(CC1)CC(C(C)(C)C)C(CC(C)(C)C1CNCC13CCN(C(C)(C)C)CC3)N2. The van der Waals surface area contributed by atoms with Crippen LogP contribution in [0.4, 0.5) is 0 Å². The number of hydrogen-bond acceptors (Lipinski definition) is 4. The van der Waals surface area contributed by atoms with E-state index in [-0.39, 0.29) is 0 Å². The van der Waals surface area contributed by atoms with Crippen molar-refractivity contribution in [3.8, 4) is 0 Å². The van der Waals surface area contributed by atoms with Crippen LogP contribution in [-0.2, 0) is 0 Å². The van der Waals surface area contributed by atoms with Gasteiger partial charge < -0.3 is 15.5 Å². The van der Waals surface area contributed by atoms with E-state index < -0.39 is 0 Å². The minimum absolute atomic E-state index is 0.297. The Morgan fingerprint density at radius 1 is 0.857 bits per heavy atom. The number of nitrogens with one attached hydrogen (secondary N) is 2. The second kappa shape index (κ2) is 9.54. The lowest BCUT2D eigenvalue weighted by Gasteiger charge is -2.51. The third-order valence-electron chi connectivity index (χ3n) is 11.1. The predicted octanol–water partition coefficient (Wildman–Crippen LogP) is 5.77. The molecule has 0 saturated carbocycles. The van der Waals surface area contributed by atoms with Crippen LogP contribution in [-0.4, -0.2) is 72.2 Å². The van der Waals surface area contributed by atoms with Gasteiger partial charge in [0.25, 0.3) is 0 Å². The summed E-state index contributed by atoms with van der Waals surface area (Å²) in [5, 5.41) is 8.25. The van der Waals surface area contributed by atoms with Crippen molar-refractivity contribution in [2.75, 3.05) is 39.3 Å². The lowest BCUT2D eigenvalue weighted by atomic mass is 9.58. The number of likely N-dealkylation sites (tertiary alicyclic amines) is 2. The highest BCUT2D eigenvalue weighted by Crippen LogP contribution is 2.54. The Labute approximate surface area is 218 Å². The molecule has 0 aromatic heterocycles. The van der Waals surface area contributed by atoms with Crippen LogP contribution in [0.2, 0.25) is 0 Å². The summed E-state index contributed by atoms with van der Waals surface area (Å²) in [7, 11) is 0. The van der Waals surface area contributed by atoms with E-state index in [4.69, 9.17) is 0 Å². The van der Waals surface area contributed by atoms with Gasteiger partial charge in [-0.05, 0) is 121 Å². The van der Waals surface area contributed by atoms with Crippen LogP contribution in [0, 0.1) is 28.1 Å². The molecule has 4 fully saturated rings. The molecule has 0 amide bonds. The zero-order chi connectivity index (χ0) is 25.9. The highest BCUT2D eigenvalue weighted by Gasteiger charge is 2.55. The fourth-order valence-electron chi connectivity index (χ4n) is 8.80. The number of hydrogen-bond donors (Lipinski definition) is 2. The summed E-state index contributed by atoms with van der Waals surface area (Å²) in [4.78, 5) is 5.41. The van der Waals surface area contributed by atoms with Crippen molar-refractivity contribution in [1.82, 2.24) is 20.4 Å².